The van der Waals surface area contributed by atoms with Gasteiger partial charge in [0.25, 0.3) is 11.8 Å². The van der Waals surface area contributed by atoms with E-state index in [1.165, 1.54) is 5.56 Å². The second-order valence-corrected chi connectivity index (χ2v) is 10.3. The third kappa shape index (κ3) is 6.59. The van der Waals surface area contributed by atoms with E-state index in [0.717, 1.165) is 61.9 Å². The number of methoxy groups -OCH3 is 1. The SMILES string of the molecule is COCCN1CCN(C(=O)c2csc(C3CCN(C(=O)COc4ccc(C)c(C)c4)CC3)n2)CC1. The summed E-state index contributed by atoms with van der Waals surface area (Å²) in [5.74, 6) is 1.06. The number of hydrogen-bond donors (Lipinski definition) is 0. The molecule has 2 amide bonds. The van der Waals surface area contributed by atoms with Gasteiger partial charge in [0.05, 0.1) is 11.6 Å². The summed E-state index contributed by atoms with van der Waals surface area (Å²) in [7, 11) is 1.71. The Kier molecular flexibility index (Phi) is 8.75. The molecule has 2 fully saturated rings. The van der Waals surface area contributed by atoms with Crippen LogP contribution in [0.25, 0.3) is 0 Å². The molecule has 0 aliphatic carbocycles. The van der Waals surface area contributed by atoms with Gasteiger partial charge < -0.3 is 19.3 Å². The molecule has 1 aromatic heterocycles. The number of ether oxygens (including phenoxy) is 2. The van der Waals surface area contributed by atoms with Gasteiger partial charge in [-0.15, -0.1) is 11.3 Å². The summed E-state index contributed by atoms with van der Waals surface area (Å²) in [4.78, 5) is 36.4. The Bertz CT molecular complexity index is 1010. The average Bonchev–Trinajstić information content (AvgIpc) is 3.38. The van der Waals surface area contributed by atoms with E-state index in [-0.39, 0.29) is 24.3 Å². The van der Waals surface area contributed by atoms with Gasteiger partial charge in [0.2, 0.25) is 0 Å². The summed E-state index contributed by atoms with van der Waals surface area (Å²) in [5, 5.41) is 2.90. The van der Waals surface area contributed by atoms with E-state index in [9.17, 15) is 9.59 Å². The molecule has 8 nitrogen and oxygen atoms in total. The van der Waals surface area contributed by atoms with Crippen molar-refractivity contribution >= 4 is 23.2 Å². The maximum atomic E-state index is 12.9. The second kappa shape index (κ2) is 12.0. The molecule has 1 aromatic carbocycles. The number of nitrogens with zero attached hydrogens (tertiary/aromatic N) is 4. The summed E-state index contributed by atoms with van der Waals surface area (Å²) in [6.07, 6.45) is 1.71. The zero-order valence-electron chi connectivity index (χ0n) is 21.0. The lowest BCUT2D eigenvalue weighted by atomic mass is 9.97. The highest BCUT2D eigenvalue weighted by Crippen LogP contribution is 2.31. The Hall–Kier alpha value is -2.49. The molecule has 2 aliphatic rings. The minimum Gasteiger partial charge on any atom is -0.484 e. The van der Waals surface area contributed by atoms with Gasteiger partial charge in [0, 0.05) is 64.2 Å². The number of aromatic nitrogens is 1. The van der Waals surface area contributed by atoms with Crippen molar-refractivity contribution in [2.45, 2.75) is 32.6 Å². The Balaban J connectivity index is 1.22. The van der Waals surface area contributed by atoms with Crippen LogP contribution in [0.5, 0.6) is 5.75 Å². The van der Waals surface area contributed by atoms with Gasteiger partial charge in [-0.05, 0) is 49.9 Å². The van der Waals surface area contributed by atoms with Gasteiger partial charge in [0.1, 0.15) is 11.4 Å². The van der Waals surface area contributed by atoms with Crippen molar-refractivity contribution in [1.82, 2.24) is 19.7 Å². The third-order valence-electron chi connectivity index (χ3n) is 7.05. The first-order valence-corrected chi connectivity index (χ1v) is 13.3. The fraction of sp³-hybridized carbons (Fsp3) is 0.577. The molecule has 0 N–H and O–H groups in total. The summed E-state index contributed by atoms with van der Waals surface area (Å²) >= 11 is 1.57. The van der Waals surface area contributed by atoms with Crippen LogP contribution in [-0.2, 0) is 9.53 Å². The van der Waals surface area contributed by atoms with Gasteiger partial charge in [-0.1, -0.05) is 6.07 Å². The van der Waals surface area contributed by atoms with Crippen molar-refractivity contribution in [3.05, 3.63) is 45.4 Å². The smallest absolute Gasteiger partial charge is 0.273 e. The standard InChI is InChI=1S/C26H36N4O4S/c1-19-4-5-22(16-20(19)2)34-17-24(31)29-8-6-21(7-9-29)25-27-23(18-35-25)26(32)30-12-10-28(11-13-30)14-15-33-3/h4-5,16,18,21H,6-15,17H2,1-3H3. The van der Waals surface area contributed by atoms with E-state index in [1.54, 1.807) is 18.4 Å². The number of carbonyl (C=O) groups is 2. The largest absolute Gasteiger partial charge is 0.484 e. The van der Waals surface area contributed by atoms with Crippen molar-refractivity contribution < 1.29 is 19.1 Å². The monoisotopic (exact) mass is 500 g/mol. The molecule has 2 saturated heterocycles. The first kappa shape index (κ1) is 25.6. The van der Waals surface area contributed by atoms with Crippen LogP contribution in [-0.4, -0.2) is 97.6 Å². The number of carbonyl (C=O) groups excluding carboxylic acids is 2. The fourth-order valence-corrected chi connectivity index (χ4v) is 5.51. The first-order chi connectivity index (χ1) is 16.9. The Morgan fingerprint density at radius 3 is 2.46 bits per heavy atom. The second-order valence-electron chi connectivity index (χ2n) is 9.39. The lowest BCUT2D eigenvalue weighted by Crippen LogP contribution is -2.49. The van der Waals surface area contributed by atoms with E-state index >= 15 is 0 Å². The maximum absolute atomic E-state index is 12.9. The van der Waals surface area contributed by atoms with Crippen molar-refractivity contribution in [2.75, 3.05) is 66.1 Å². The molecule has 0 bridgehead atoms. The average molecular weight is 501 g/mol. The van der Waals surface area contributed by atoms with Crippen molar-refractivity contribution in [3.63, 3.8) is 0 Å². The van der Waals surface area contributed by atoms with E-state index in [0.29, 0.717) is 25.4 Å². The zero-order valence-corrected chi connectivity index (χ0v) is 21.8. The molecule has 2 aliphatic heterocycles. The molecule has 190 valence electrons. The number of piperidine rings is 1. The molecule has 0 saturated carbocycles. The number of aryl methyl sites for hydroxylation is 2. The molecule has 0 unspecified atom stereocenters. The van der Waals surface area contributed by atoms with Gasteiger partial charge >= 0.3 is 0 Å². The molecule has 9 heteroatoms. The molecular weight excluding hydrogens is 464 g/mol. The van der Waals surface area contributed by atoms with Crippen LogP contribution in [0.3, 0.4) is 0 Å². The minimum absolute atomic E-state index is 0.0151. The van der Waals surface area contributed by atoms with Crippen LogP contribution in [0.4, 0.5) is 0 Å². The Labute approximate surface area is 211 Å². The molecule has 3 heterocycles. The molecule has 0 atom stereocenters. The van der Waals surface area contributed by atoms with Crippen molar-refractivity contribution in [3.8, 4) is 5.75 Å². The van der Waals surface area contributed by atoms with Crippen LogP contribution < -0.4 is 4.74 Å². The lowest BCUT2D eigenvalue weighted by molar-refractivity contribution is -0.134. The van der Waals surface area contributed by atoms with Crippen LogP contribution in [0, 0.1) is 13.8 Å². The van der Waals surface area contributed by atoms with E-state index in [4.69, 9.17) is 14.5 Å². The number of rotatable bonds is 8. The first-order valence-electron chi connectivity index (χ1n) is 12.4. The van der Waals surface area contributed by atoms with Crippen LogP contribution in [0.1, 0.15) is 45.4 Å². The third-order valence-corrected chi connectivity index (χ3v) is 8.06. The number of thiazole rings is 1. The van der Waals surface area contributed by atoms with E-state index < -0.39 is 0 Å². The molecular formula is C26H36N4O4S. The number of benzene rings is 1. The predicted octanol–water partition coefficient (Wildman–Crippen LogP) is 2.95. The van der Waals surface area contributed by atoms with E-state index in [1.807, 2.05) is 40.3 Å². The highest BCUT2D eigenvalue weighted by Gasteiger charge is 2.28. The van der Waals surface area contributed by atoms with Crippen LogP contribution in [0.15, 0.2) is 23.6 Å². The fourth-order valence-electron chi connectivity index (χ4n) is 4.55. The molecule has 0 spiro atoms. The summed E-state index contributed by atoms with van der Waals surface area (Å²) in [6, 6.07) is 5.89. The molecule has 4 rings (SSSR count). The van der Waals surface area contributed by atoms with Gasteiger partial charge in [0.15, 0.2) is 6.61 Å². The zero-order chi connectivity index (χ0) is 24.8. The molecule has 0 radical (unpaired) electrons. The predicted molar refractivity (Wildman–Crippen MR) is 136 cm³/mol. The minimum atomic E-state index is 0.0151. The van der Waals surface area contributed by atoms with Crippen LogP contribution in [0.2, 0.25) is 0 Å². The highest BCUT2D eigenvalue weighted by molar-refractivity contribution is 7.09. The Morgan fingerprint density at radius 1 is 1.03 bits per heavy atom. The lowest BCUT2D eigenvalue weighted by Gasteiger charge is -2.34. The normalized spacial score (nSPS) is 17.6. The number of likely N-dealkylation sites (tertiary alicyclic amines) is 1. The molecule has 35 heavy (non-hydrogen) atoms. The number of hydrogen-bond acceptors (Lipinski definition) is 7. The quantitative estimate of drug-likeness (QED) is 0.555. The number of piperazine rings is 1. The number of amides is 2. The Morgan fingerprint density at radius 2 is 1.77 bits per heavy atom. The van der Waals surface area contributed by atoms with Crippen molar-refractivity contribution in [1.29, 1.82) is 0 Å². The summed E-state index contributed by atoms with van der Waals surface area (Å²) in [6.45, 7) is 10.3. The highest BCUT2D eigenvalue weighted by atomic mass is 32.1. The van der Waals surface area contributed by atoms with Gasteiger partial charge in [-0.3, -0.25) is 14.5 Å². The maximum Gasteiger partial charge on any atom is 0.273 e. The topological polar surface area (TPSA) is 75.2 Å². The van der Waals surface area contributed by atoms with Gasteiger partial charge in [-0.25, -0.2) is 4.98 Å². The summed E-state index contributed by atoms with van der Waals surface area (Å²) < 4.78 is 10.9. The summed E-state index contributed by atoms with van der Waals surface area (Å²) in [5.41, 5.74) is 2.91. The van der Waals surface area contributed by atoms with E-state index in [2.05, 4.69) is 11.8 Å². The molecule has 2 aromatic rings. The van der Waals surface area contributed by atoms with Crippen LogP contribution >= 0.6 is 11.3 Å². The van der Waals surface area contributed by atoms with Gasteiger partial charge in [-0.2, -0.15) is 0 Å². The van der Waals surface area contributed by atoms with Crippen molar-refractivity contribution in [2.24, 2.45) is 0 Å².